The van der Waals surface area contributed by atoms with Crippen LogP contribution >= 0.6 is 27.5 Å². The van der Waals surface area contributed by atoms with Gasteiger partial charge in [-0.25, -0.2) is 4.79 Å². The molecule has 0 bridgehead atoms. The standard InChI is InChI=1S/C13H15BrClNO3/c1-18-9-6-13(7-9,12(17)19-2)16-8-3-4-11(15)10(14)5-8/h3-5,9,16H,6-7H2,1-2H3. The normalized spacial score (nSPS) is 25.6. The first-order valence-corrected chi connectivity index (χ1v) is 7.02. The fraction of sp³-hybridized carbons (Fsp3) is 0.462. The minimum absolute atomic E-state index is 0.0855. The van der Waals surface area contributed by atoms with Crippen molar-refractivity contribution in [3.8, 4) is 0 Å². The van der Waals surface area contributed by atoms with Crippen molar-refractivity contribution in [2.45, 2.75) is 24.5 Å². The number of hydrogen-bond acceptors (Lipinski definition) is 4. The van der Waals surface area contributed by atoms with Gasteiger partial charge in [0.2, 0.25) is 0 Å². The van der Waals surface area contributed by atoms with Gasteiger partial charge in [-0.2, -0.15) is 0 Å². The highest BCUT2D eigenvalue weighted by Crippen LogP contribution is 2.39. The molecule has 1 aromatic carbocycles. The van der Waals surface area contributed by atoms with Gasteiger partial charge in [0.15, 0.2) is 0 Å². The lowest BCUT2D eigenvalue weighted by molar-refractivity contribution is -0.154. The summed E-state index contributed by atoms with van der Waals surface area (Å²) in [6, 6.07) is 5.44. The average Bonchev–Trinajstić information content (AvgIpc) is 2.36. The number of methoxy groups -OCH3 is 2. The summed E-state index contributed by atoms with van der Waals surface area (Å²) >= 11 is 9.31. The lowest BCUT2D eigenvalue weighted by atomic mass is 9.74. The molecule has 0 radical (unpaired) electrons. The number of hydrogen-bond donors (Lipinski definition) is 1. The number of esters is 1. The lowest BCUT2D eigenvalue weighted by Gasteiger charge is -2.45. The van der Waals surface area contributed by atoms with Crippen LogP contribution in [0.5, 0.6) is 0 Å². The summed E-state index contributed by atoms with van der Waals surface area (Å²) in [6.07, 6.45) is 1.27. The number of ether oxygens (including phenoxy) is 2. The van der Waals surface area contributed by atoms with Crippen molar-refractivity contribution in [1.29, 1.82) is 0 Å². The van der Waals surface area contributed by atoms with Crippen molar-refractivity contribution < 1.29 is 14.3 Å². The Kier molecular flexibility index (Phi) is 4.38. The first kappa shape index (κ1) is 14.6. The smallest absolute Gasteiger partial charge is 0.331 e. The zero-order chi connectivity index (χ0) is 14.0. The lowest BCUT2D eigenvalue weighted by Crippen LogP contribution is -2.59. The first-order chi connectivity index (χ1) is 9.00. The Labute approximate surface area is 125 Å². The molecule has 0 aromatic heterocycles. The van der Waals surface area contributed by atoms with E-state index < -0.39 is 5.54 Å². The van der Waals surface area contributed by atoms with Crippen molar-refractivity contribution in [1.82, 2.24) is 0 Å². The van der Waals surface area contributed by atoms with Crippen molar-refractivity contribution in [2.24, 2.45) is 0 Å². The number of carbonyl (C=O) groups is 1. The average molecular weight is 349 g/mol. The van der Waals surface area contributed by atoms with Gasteiger partial charge < -0.3 is 14.8 Å². The maximum absolute atomic E-state index is 12.0. The zero-order valence-corrected chi connectivity index (χ0v) is 13.0. The highest BCUT2D eigenvalue weighted by atomic mass is 79.9. The van der Waals surface area contributed by atoms with Crippen molar-refractivity contribution in [3.05, 3.63) is 27.7 Å². The second-order valence-corrected chi connectivity index (χ2v) is 5.86. The summed E-state index contributed by atoms with van der Waals surface area (Å²) in [7, 11) is 3.04. The van der Waals surface area contributed by atoms with Crippen LogP contribution in [0, 0.1) is 0 Å². The van der Waals surface area contributed by atoms with Gasteiger partial charge in [-0.1, -0.05) is 11.6 Å². The summed E-state index contributed by atoms with van der Waals surface area (Å²) in [5.41, 5.74) is 0.110. The van der Waals surface area contributed by atoms with Gasteiger partial charge in [-0.05, 0) is 34.1 Å². The van der Waals surface area contributed by atoms with Gasteiger partial charge in [0.1, 0.15) is 5.54 Å². The quantitative estimate of drug-likeness (QED) is 0.849. The van der Waals surface area contributed by atoms with Crippen molar-refractivity contribution >= 4 is 39.2 Å². The van der Waals surface area contributed by atoms with Crippen molar-refractivity contribution in [2.75, 3.05) is 19.5 Å². The van der Waals surface area contributed by atoms with E-state index in [-0.39, 0.29) is 12.1 Å². The van der Waals surface area contributed by atoms with Gasteiger partial charge in [-0.15, -0.1) is 0 Å². The van der Waals surface area contributed by atoms with Crippen LogP contribution in [-0.2, 0) is 14.3 Å². The number of benzene rings is 1. The summed E-state index contributed by atoms with van der Waals surface area (Å²) in [6.45, 7) is 0. The van der Waals surface area contributed by atoms with E-state index in [0.717, 1.165) is 10.2 Å². The molecule has 1 aliphatic carbocycles. The minimum atomic E-state index is -0.706. The van der Waals surface area contributed by atoms with Crippen LogP contribution in [0.3, 0.4) is 0 Å². The van der Waals surface area contributed by atoms with Crippen LogP contribution in [0.15, 0.2) is 22.7 Å². The SMILES string of the molecule is COC(=O)C1(Nc2ccc(Cl)c(Br)c2)CC(OC)C1. The molecule has 0 saturated heterocycles. The van der Waals surface area contributed by atoms with Crippen LogP contribution in [0.2, 0.25) is 5.02 Å². The maximum Gasteiger partial charge on any atom is 0.331 e. The number of rotatable bonds is 4. The van der Waals surface area contributed by atoms with E-state index >= 15 is 0 Å². The molecule has 0 unspecified atom stereocenters. The zero-order valence-electron chi connectivity index (χ0n) is 10.7. The molecule has 1 N–H and O–H groups in total. The Balaban J connectivity index is 2.17. The molecule has 0 spiro atoms. The predicted molar refractivity (Wildman–Crippen MR) is 77.6 cm³/mol. The van der Waals surface area contributed by atoms with E-state index in [0.29, 0.717) is 17.9 Å². The first-order valence-electron chi connectivity index (χ1n) is 5.85. The monoisotopic (exact) mass is 347 g/mol. The summed E-state index contributed by atoms with van der Waals surface area (Å²) in [5, 5.41) is 3.86. The highest BCUT2D eigenvalue weighted by molar-refractivity contribution is 9.10. The molecule has 19 heavy (non-hydrogen) atoms. The highest BCUT2D eigenvalue weighted by Gasteiger charge is 2.51. The Morgan fingerprint density at radius 3 is 2.68 bits per heavy atom. The molecule has 1 saturated carbocycles. The largest absolute Gasteiger partial charge is 0.467 e. The van der Waals surface area contributed by atoms with E-state index in [1.165, 1.54) is 7.11 Å². The van der Waals surface area contributed by atoms with Crippen LogP contribution in [0.25, 0.3) is 0 Å². The third-order valence-corrected chi connectivity index (χ3v) is 4.58. The predicted octanol–water partition coefficient (Wildman–Crippen LogP) is 3.24. The Morgan fingerprint density at radius 1 is 1.47 bits per heavy atom. The van der Waals surface area contributed by atoms with Crippen LogP contribution in [0.4, 0.5) is 5.69 Å². The Hall–Kier alpha value is -0.780. The van der Waals surface area contributed by atoms with Gasteiger partial charge >= 0.3 is 5.97 Å². The van der Waals surface area contributed by atoms with E-state index in [1.807, 2.05) is 12.1 Å². The van der Waals surface area contributed by atoms with E-state index in [9.17, 15) is 4.79 Å². The molecule has 2 rings (SSSR count). The second kappa shape index (κ2) is 5.69. The molecule has 104 valence electrons. The van der Waals surface area contributed by atoms with Crippen LogP contribution in [0.1, 0.15) is 12.8 Å². The molecule has 1 aliphatic rings. The molecule has 0 heterocycles. The molecule has 0 amide bonds. The Bertz CT molecular complexity index is 489. The summed E-state index contributed by atoms with van der Waals surface area (Å²) in [5.74, 6) is -0.271. The Morgan fingerprint density at radius 2 is 2.16 bits per heavy atom. The van der Waals surface area contributed by atoms with E-state index in [1.54, 1.807) is 13.2 Å². The molecule has 0 aliphatic heterocycles. The second-order valence-electron chi connectivity index (χ2n) is 4.59. The number of anilines is 1. The summed E-state index contributed by atoms with van der Waals surface area (Å²) in [4.78, 5) is 12.0. The van der Waals surface area contributed by atoms with Crippen LogP contribution in [-0.4, -0.2) is 31.8 Å². The molecule has 6 heteroatoms. The number of carbonyl (C=O) groups excluding carboxylic acids is 1. The number of halogens is 2. The minimum Gasteiger partial charge on any atom is -0.467 e. The molecule has 1 fully saturated rings. The molecule has 1 aromatic rings. The third-order valence-electron chi connectivity index (χ3n) is 3.36. The fourth-order valence-corrected chi connectivity index (χ4v) is 2.75. The van der Waals surface area contributed by atoms with Gasteiger partial charge in [0.05, 0.1) is 18.2 Å². The molecule has 4 nitrogen and oxygen atoms in total. The summed E-state index contributed by atoms with van der Waals surface area (Å²) < 4.78 is 10.9. The topological polar surface area (TPSA) is 47.6 Å². The van der Waals surface area contributed by atoms with Gasteiger partial charge in [-0.3, -0.25) is 0 Å². The number of nitrogens with one attached hydrogen (secondary N) is 1. The molecule has 0 atom stereocenters. The van der Waals surface area contributed by atoms with Crippen LogP contribution < -0.4 is 5.32 Å². The van der Waals surface area contributed by atoms with E-state index in [4.69, 9.17) is 21.1 Å². The van der Waals surface area contributed by atoms with E-state index in [2.05, 4.69) is 21.2 Å². The maximum atomic E-state index is 12.0. The molecular formula is C13H15BrClNO3. The van der Waals surface area contributed by atoms with Gasteiger partial charge in [0.25, 0.3) is 0 Å². The fourth-order valence-electron chi connectivity index (χ4n) is 2.25. The van der Waals surface area contributed by atoms with Gasteiger partial charge in [0, 0.05) is 30.1 Å². The third kappa shape index (κ3) is 2.88. The van der Waals surface area contributed by atoms with Crippen molar-refractivity contribution in [3.63, 3.8) is 0 Å². The molecular weight excluding hydrogens is 334 g/mol.